The molecule has 90 valence electrons. The molecule has 0 radical (unpaired) electrons. The Hall–Kier alpha value is -1.10. The molecule has 0 heterocycles. The number of aliphatic hydroxyl groups is 1. The normalized spacial score (nSPS) is 12.9. The molecular weight excluding hydrogens is 208 g/mol. The zero-order valence-electron chi connectivity index (χ0n) is 10.1. The smallest absolute Gasteiger partial charge is 0.187 e. The molecular formula is C12H18O4. The van der Waals surface area contributed by atoms with Crippen LogP contribution in [0.3, 0.4) is 0 Å². The average Bonchev–Trinajstić information content (AvgIpc) is 2.30. The van der Waals surface area contributed by atoms with Gasteiger partial charge < -0.3 is 19.3 Å². The first-order valence-electron chi connectivity index (χ1n) is 5.02. The number of methoxy groups -OCH3 is 3. The lowest BCUT2D eigenvalue weighted by molar-refractivity contribution is -0.166. The van der Waals surface area contributed by atoms with Gasteiger partial charge in [-0.1, -0.05) is 6.07 Å². The summed E-state index contributed by atoms with van der Waals surface area (Å²) in [6.45, 7) is 1.91. The van der Waals surface area contributed by atoms with E-state index in [4.69, 9.17) is 14.2 Å². The summed E-state index contributed by atoms with van der Waals surface area (Å²) in [5.74, 6) is 0.764. The second kappa shape index (κ2) is 5.84. The minimum atomic E-state index is -0.805. The zero-order valence-corrected chi connectivity index (χ0v) is 10.1. The lowest BCUT2D eigenvalue weighted by atomic mass is 10.0. The van der Waals surface area contributed by atoms with Crippen LogP contribution in [-0.4, -0.2) is 32.7 Å². The van der Waals surface area contributed by atoms with Gasteiger partial charge in [-0.25, -0.2) is 0 Å². The van der Waals surface area contributed by atoms with Gasteiger partial charge in [-0.15, -0.1) is 0 Å². The average molecular weight is 226 g/mol. The molecule has 0 bridgehead atoms. The Morgan fingerprint density at radius 2 is 1.75 bits per heavy atom. The molecule has 0 aromatic heterocycles. The van der Waals surface area contributed by atoms with Crippen LogP contribution in [0.5, 0.6) is 5.75 Å². The second-order valence-electron chi connectivity index (χ2n) is 3.51. The lowest BCUT2D eigenvalue weighted by Crippen LogP contribution is -2.23. The minimum absolute atomic E-state index is 0.660. The Bertz CT molecular complexity index is 334. The van der Waals surface area contributed by atoms with Crippen molar-refractivity contribution in [3.05, 3.63) is 29.3 Å². The number of hydrogen-bond acceptors (Lipinski definition) is 4. The van der Waals surface area contributed by atoms with Gasteiger partial charge in [0.25, 0.3) is 0 Å². The molecule has 0 aliphatic rings. The minimum Gasteiger partial charge on any atom is -0.497 e. The van der Waals surface area contributed by atoms with E-state index in [0.717, 1.165) is 16.9 Å². The van der Waals surface area contributed by atoms with Crippen molar-refractivity contribution in [3.8, 4) is 5.75 Å². The highest BCUT2D eigenvalue weighted by atomic mass is 16.7. The monoisotopic (exact) mass is 226 g/mol. The van der Waals surface area contributed by atoms with Crippen LogP contribution in [0.2, 0.25) is 0 Å². The van der Waals surface area contributed by atoms with E-state index < -0.39 is 12.4 Å². The SMILES string of the molecule is COc1ccc(C(O)C(OC)OC)c(C)c1. The van der Waals surface area contributed by atoms with Crippen molar-refractivity contribution in [2.24, 2.45) is 0 Å². The molecule has 0 saturated heterocycles. The van der Waals surface area contributed by atoms with Gasteiger partial charge in [-0.05, 0) is 30.2 Å². The lowest BCUT2D eigenvalue weighted by Gasteiger charge is -2.21. The quantitative estimate of drug-likeness (QED) is 0.776. The maximum atomic E-state index is 10.0. The number of hydrogen-bond donors (Lipinski definition) is 1. The molecule has 0 fully saturated rings. The molecule has 0 saturated carbocycles. The highest BCUT2D eigenvalue weighted by molar-refractivity contribution is 5.36. The Kier molecular flexibility index (Phi) is 4.73. The van der Waals surface area contributed by atoms with Crippen molar-refractivity contribution in [2.75, 3.05) is 21.3 Å². The summed E-state index contributed by atoms with van der Waals surface area (Å²) in [6.07, 6.45) is -1.46. The van der Waals surface area contributed by atoms with Crippen molar-refractivity contribution in [3.63, 3.8) is 0 Å². The summed E-state index contributed by atoms with van der Waals surface area (Å²) < 4.78 is 15.1. The van der Waals surface area contributed by atoms with E-state index in [1.165, 1.54) is 14.2 Å². The van der Waals surface area contributed by atoms with Crippen LogP contribution in [-0.2, 0) is 9.47 Å². The number of benzene rings is 1. The fourth-order valence-corrected chi connectivity index (χ4v) is 1.61. The van der Waals surface area contributed by atoms with Crippen LogP contribution in [0, 0.1) is 6.92 Å². The predicted octanol–water partition coefficient (Wildman–Crippen LogP) is 1.66. The van der Waals surface area contributed by atoms with Gasteiger partial charge in [-0.3, -0.25) is 0 Å². The first-order valence-corrected chi connectivity index (χ1v) is 5.02. The zero-order chi connectivity index (χ0) is 12.1. The molecule has 4 nitrogen and oxygen atoms in total. The summed E-state index contributed by atoms with van der Waals surface area (Å²) in [4.78, 5) is 0. The molecule has 0 spiro atoms. The molecule has 0 aliphatic heterocycles. The van der Waals surface area contributed by atoms with E-state index in [1.807, 2.05) is 19.1 Å². The molecule has 1 atom stereocenters. The van der Waals surface area contributed by atoms with E-state index in [1.54, 1.807) is 13.2 Å². The van der Waals surface area contributed by atoms with E-state index in [-0.39, 0.29) is 0 Å². The van der Waals surface area contributed by atoms with Crippen molar-refractivity contribution in [2.45, 2.75) is 19.3 Å². The van der Waals surface area contributed by atoms with Crippen LogP contribution in [0.1, 0.15) is 17.2 Å². The second-order valence-corrected chi connectivity index (χ2v) is 3.51. The van der Waals surface area contributed by atoms with Gasteiger partial charge in [0.15, 0.2) is 6.29 Å². The van der Waals surface area contributed by atoms with E-state index in [2.05, 4.69) is 0 Å². The van der Waals surface area contributed by atoms with E-state index in [0.29, 0.717) is 0 Å². The van der Waals surface area contributed by atoms with Crippen LogP contribution in [0.25, 0.3) is 0 Å². The van der Waals surface area contributed by atoms with Gasteiger partial charge in [-0.2, -0.15) is 0 Å². The highest BCUT2D eigenvalue weighted by Gasteiger charge is 2.21. The van der Waals surface area contributed by atoms with Gasteiger partial charge in [0.05, 0.1) is 7.11 Å². The standard InChI is InChI=1S/C12H18O4/c1-8-7-9(14-2)5-6-10(8)11(13)12(15-3)16-4/h5-7,11-13H,1-4H3. The molecule has 1 aromatic carbocycles. The molecule has 1 N–H and O–H groups in total. The summed E-state index contributed by atoms with van der Waals surface area (Å²) in [5, 5.41) is 10.0. The van der Waals surface area contributed by atoms with Gasteiger partial charge in [0.2, 0.25) is 0 Å². The van der Waals surface area contributed by atoms with Gasteiger partial charge >= 0.3 is 0 Å². The van der Waals surface area contributed by atoms with Crippen LogP contribution in [0.4, 0.5) is 0 Å². The van der Waals surface area contributed by atoms with E-state index in [9.17, 15) is 5.11 Å². The molecule has 0 aliphatic carbocycles. The molecule has 4 heteroatoms. The van der Waals surface area contributed by atoms with Crippen molar-refractivity contribution < 1.29 is 19.3 Å². The van der Waals surface area contributed by atoms with Crippen molar-refractivity contribution in [1.82, 2.24) is 0 Å². The fraction of sp³-hybridized carbons (Fsp3) is 0.500. The number of aryl methyl sites for hydroxylation is 1. The molecule has 1 aromatic rings. The fourth-order valence-electron chi connectivity index (χ4n) is 1.61. The Morgan fingerprint density at radius 3 is 2.19 bits per heavy atom. The Labute approximate surface area is 95.8 Å². The number of ether oxygens (including phenoxy) is 3. The summed E-state index contributed by atoms with van der Waals surface area (Å²) in [5.41, 5.74) is 1.71. The maximum absolute atomic E-state index is 10.0. The molecule has 1 rings (SSSR count). The summed E-state index contributed by atoms with van der Waals surface area (Å²) in [7, 11) is 4.60. The van der Waals surface area contributed by atoms with Crippen LogP contribution < -0.4 is 4.74 Å². The third kappa shape index (κ3) is 2.72. The molecule has 16 heavy (non-hydrogen) atoms. The maximum Gasteiger partial charge on any atom is 0.187 e. The third-order valence-electron chi connectivity index (χ3n) is 2.52. The molecule has 1 unspecified atom stereocenters. The van der Waals surface area contributed by atoms with Gasteiger partial charge in [0.1, 0.15) is 11.9 Å². The number of rotatable bonds is 5. The Balaban J connectivity index is 2.95. The topological polar surface area (TPSA) is 47.9 Å². The first-order chi connectivity index (χ1) is 7.63. The molecule has 0 amide bonds. The summed E-state index contributed by atoms with van der Waals surface area (Å²) in [6, 6.07) is 5.47. The van der Waals surface area contributed by atoms with Crippen molar-refractivity contribution >= 4 is 0 Å². The van der Waals surface area contributed by atoms with E-state index >= 15 is 0 Å². The first kappa shape index (κ1) is 13.0. The van der Waals surface area contributed by atoms with Crippen LogP contribution in [0.15, 0.2) is 18.2 Å². The number of aliphatic hydroxyl groups excluding tert-OH is 1. The largest absolute Gasteiger partial charge is 0.497 e. The van der Waals surface area contributed by atoms with Crippen molar-refractivity contribution in [1.29, 1.82) is 0 Å². The van der Waals surface area contributed by atoms with Gasteiger partial charge in [0, 0.05) is 14.2 Å². The van der Waals surface area contributed by atoms with Crippen LogP contribution >= 0.6 is 0 Å². The predicted molar refractivity (Wildman–Crippen MR) is 60.5 cm³/mol. The third-order valence-corrected chi connectivity index (χ3v) is 2.52. The summed E-state index contributed by atoms with van der Waals surface area (Å²) >= 11 is 0. The highest BCUT2D eigenvalue weighted by Crippen LogP contribution is 2.25. The Morgan fingerprint density at radius 1 is 1.12 bits per heavy atom.